The SMILES string of the molecule is COCCNC(=O)[C@H](c1ccccc1)N(Cc1ccc(OC)cc1)C(=O)COc1ccc(S(=O)(=O)N2CCOCC2)cc1. The normalized spacial score (nSPS) is 14.5. The Labute approximate surface area is 252 Å². The van der Waals surface area contributed by atoms with E-state index in [1.807, 2.05) is 30.3 Å². The van der Waals surface area contributed by atoms with E-state index < -0.39 is 22.0 Å². The van der Waals surface area contributed by atoms with Gasteiger partial charge in [-0.15, -0.1) is 0 Å². The van der Waals surface area contributed by atoms with Gasteiger partial charge in [-0.3, -0.25) is 9.59 Å². The van der Waals surface area contributed by atoms with Crippen LogP contribution in [0, 0.1) is 0 Å². The lowest BCUT2D eigenvalue weighted by Gasteiger charge is -2.31. The number of rotatable bonds is 14. The molecule has 4 rings (SSSR count). The summed E-state index contributed by atoms with van der Waals surface area (Å²) in [6, 6.07) is 21.3. The molecule has 1 heterocycles. The van der Waals surface area contributed by atoms with Crippen LogP contribution in [0.2, 0.25) is 0 Å². The summed E-state index contributed by atoms with van der Waals surface area (Å²) in [6.45, 7) is 1.63. The van der Waals surface area contributed by atoms with Crippen molar-refractivity contribution in [2.75, 3.05) is 60.3 Å². The van der Waals surface area contributed by atoms with Gasteiger partial charge in [0.1, 0.15) is 17.5 Å². The van der Waals surface area contributed by atoms with E-state index in [9.17, 15) is 18.0 Å². The molecule has 1 saturated heterocycles. The Morgan fingerprint density at radius 2 is 1.58 bits per heavy atom. The third-order valence-corrected chi connectivity index (χ3v) is 8.82. The van der Waals surface area contributed by atoms with E-state index in [1.165, 1.54) is 33.5 Å². The van der Waals surface area contributed by atoms with Crippen LogP contribution >= 0.6 is 0 Å². The quantitative estimate of drug-likeness (QED) is 0.276. The van der Waals surface area contributed by atoms with Crippen LogP contribution in [0.5, 0.6) is 11.5 Å². The largest absolute Gasteiger partial charge is 0.497 e. The number of ether oxygens (including phenoxy) is 4. The maximum absolute atomic E-state index is 13.8. The van der Waals surface area contributed by atoms with E-state index in [0.717, 1.165) is 5.56 Å². The average Bonchev–Trinajstić information content (AvgIpc) is 3.05. The van der Waals surface area contributed by atoms with Crippen molar-refractivity contribution >= 4 is 21.8 Å². The fourth-order valence-electron chi connectivity index (χ4n) is 4.60. The van der Waals surface area contributed by atoms with Crippen LogP contribution in [0.3, 0.4) is 0 Å². The van der Waals surface area contributed by atoms with Crippen LogP contribution in [0.1, 0.15) is 17.2 Å². The number of carbonyl (C=O) groups excluding carboxylic acids is 2. The number of hydrogen-bond donors (Lipinski definition) is 1. The van der Waals surface area contributed by atoms with Crippen molar-refractivity contribution in [3.05, 3.63) is 90.0 Å². The van der Waals surface area contributed by atoms with Crippen molar-refractivity contribution < 1.29 is 37.0 Å². The first-order valence-electron chi connectivity index (χ1n) is 13.9. The summed E-state index contributed by atoms with van der Waals surface area (Å²) in [5, 5.41) is 2.86. The molecule has 12 heteroatoms. The number of hydrogen-bond acceptors (Lipinski definition) is 8. The molecule has 0 unspecified atom stereocenters. The molecule has 3 aromatic carbocycles. The summed E-state index contributed by atoms with van der Waals surface area (Å²) >= 11 is 0. The van der Waals surface area contributed by atoms with Crippen molar-refractivity contribution in [3.63, 3.8) is 0 Å². The number of carbonyl (C=O) groups is 2. The fraction of sp³-hybridized carbons (Fsp3) is 0.355. The van der Waals surface area contributed by atoms with E-state index in [1.54, 1.807) is 38.5 Å². The molecule has 11 nitrogen and oxygen atoms in total. The number of methoxy groups -OCH3 is 2. The summed E-state index contributed by atoms with van der Waals surface area (Å²) in [4.78, 5) is 28.9. The summed E-state index contributed by atoms with van der Waals surface area (Å²) in [5.74, 6) is 0.194. The molecule has 3 aromatic rings. The van der Waals surface area contributed by atoms with Gasteiger partial charge in [0.15, 0.2) is 6.61 Å². The van der Waals surface area contributed by atoms with Gasteiger partial charge in [0, 0.05) is 33.3 Å². The first-order chi connectivity index (χ1) is 20.8. The van der Waals surface area contributed by atoms with Crippen LogP contribution in [0.25, 0.3) is 0 Å². The maximum atomic E-state index is 13.8. The van der Waals surface area contributed by atoms with Crippen LogP contribution in [0.4, 0.5) is 0 Å². The van der Waals surface area contributed by atoms with E-state index in [2.05, 4.69) is 5.32 Å². The Balaban J connectivity index is 1.55. The molecule has 1 fully saturated rings. The lowest BCUT2D eigenvalue weighted by atomic mass is 10.0. The molecule has 0 radical (unpaired) electrons. The van der Waals surface area contributed by atoms with E-state index >= 15 is 0 Å². The second-order valence-electron chi connectivity index (χ2n) is 9.74. The van der Waals surface area contributed by atoms with Gasteiger partial charge in [-0.05, 0) is 47.5 Å². The lowest BCUT2D eigenvalue weighted by Crippen LogP contribution is -2.45. The molecule has 0 aliphatic carbocycles. The zero-order valence-electron chi connectivity index (χ0n) is 24.3. The minimum absolute atomic E-state index is 0.125. The maximum Gasteiger partial charge on any atom is 0.261 e. The van der Waals surface area contributed by atoms with Gasteiger partial charge in [-0.1, -0.05) is 42.5 Å². The summed E-state index contributed by atoms with van der Waals surface area (Å²) < 4.78 is 48.7. The molecular formula is C31H37N3O8S. The minimum atomic E-state index is -3.66. The zero-order chi connectivity index (χ0) is 30.7. The monoisotopic (exact) mass is 611 g/mol. The third kappa shape index (κ3) is 8.54. The van der Waals surface area contributed by atoms with Gasteiger partial charge in [-0.2, -0.15) is 4.31 Å². The first-order valence-corrected chi connectivity index (χ1v) is 15.3. The highest BCUT2D eigenvalue weighted by Crippen LogP contribution is 2.26. The van der Waals surface area contributed by atoms with Gasteiger partial charge in [0.25, 0.3) is 5.91 Å². The Hall–Kier alpha value is -3.97. The predicted molar refractivity (Wildman–Crippen MR) is 159 cm³/mol. The second kappa shape index (κ2) is 15.5. The molecule has 230 valence electrons. The van der Waals surface area contributed by atoms with Gasteiger partial charge < -0.3 is 29.2 Å². The summed E-state index contributed by atoms with van der Waals surface area (Å²) in [7, 11) is -0.548. The standard InChI is InChI=1S/C31H37N3O8S/c1-39-19-16-32-31(36)30(25-6-4-3-5-7-25)34(22-24-8-10-26(40-2)11-9-24)29(35)23-42-27-12-14-28(15-13-27)43(37,38)33-17-20-41-21-18-33/h3-15,30H,16-23H2,1-2H3,(H,32,36)/t30-/m0/s1. The van der Waals surface area contributed by atoms with Gasteiger partial charge in [0.05, 0.1) is 31.8 Å². The second-order valence-corrected chi connectivity index (χ2v) is 11.7. The Morgan fingerprint density at radius 1 is 0.930 bits per heavy atom. The van der Waals surface area contributed by atoms with E-state index in [4.69, 9.17) is 18.9 Å². The summed E-state index contributed by atoms with van der Waals surface area (Å²) in [5.41, 5.74) is 1.43. The van der Waals surface area contributed by atoms with Gasteiger partial charge in [0.2, 0.25) is 15.9 Å². The van der Waals surface area contributed by atoms with Crippen molar-refractivity contribution in [2.45, 2.75) is 17.5 Å². The van der Waals surface area contributed by atoms with Gasteiger partial charge in [-0.25, -0.2) is 8.42 Å². The molecule has 43 heavy (non-hydrogen) atoms. The molecule has 1 aliphatic rings. The predicted octanol–water partition coefficient (Wildman–Crippen LogP) is 2.63. The number of morpholine rings is 1. The minimum Gasteiger partial charge on any atom is -0.497 e. The topological polar surface area (TPSA) is 124 Å². The smallest absolute Gasteiger partial charge is 0.261 e. The molecule has 1 N–H and O–H groups in total. The van der Waals surface area contributed by atoms with E-state index in [-0.39, 0.29) is 30.5 Å². The third-order valence-electron chi connectivity index (χ3n) is 6.91. The molecule has 2 amide bonds. The molecule has 0 aromatic heterocycles. The highest BCUT2D eigenvalue weighted by Gasteiger charge is 2.32. The van der Waals surface area contributed by atoms with Crippen LogP contribution in [0.15, 0.2) is 83.8 Å². The number of benzene rings is 3. The molecule has 0 saturated carbocycles. The van der Waals surface area contributed by atoms with Crippen LogP contribution < -0.4 is 14.8 Å². The Kier molecular flexibility index (Phi) is 11.5. The fourth-order valence-corrected chi connectivity index (χ4v) is 6.01. The number of sulfonamides is 1. The molecule has 1 atom stereocenters. The average molecular weight is 612 g/mol. The Bertz CT molecular complexity index is 1430. The zero-order valence-corrected chi connectivity index (χ0v) is 25.1. The molecule has 1 aliphatic heterocycles. The number of amides is 2. The molecule has 0 bridgehead atoms. The molecule has 0 spiro atoms. The number of nitrogens with one attached hydrogen (secondary N) is 1. The van der Waals surface area contributed by atoms with Crippen LogP contribution in [-0.2, 0) is 35.6 Å². The van der Waals surface area contributed by atoms with E-state index in [0.29, 0.717) is 50.0 Å². The number of nitrogens with zero attached hydrogens (tertiary/aromatic N) is 2. The van der Waals surface area contributed by atoms with Crippen molar-refractivity contribution in [2.24, 2.45) is 0 Å². The lowest BCUT2D eigenvalue weighted by molar-refractivity contribution is -0.143. The molecular weight excluding hydrogens is 574 g/mol. The highest BCUT2D eigenvalue weighted by molar-refractivity contribution is 7.89. The van der Waals surface area contributed by atoms with Crippen LogP contribution in [-0.4, -0.2) is 89.7 Å². The Morgan fingerprint density at radius 3 is 2.21 bits per heavy atom. The summed E-state index contributed by atoms with van der Waals surface area (Å²) in [6.07, 6.45) is 0. The van der Waals surface area contributed by atoms with Crippen molar-refractivity contribution in [1.29, 1.82) is 0 Å². The van der Waals surface area contributed by atoms with Gasteiger partial charge >= 0.3 is 0 Å². The first kappa shape index (κ1) is 32.0. The van der Waals surface area contributed by atoms with Crippen molar-refractivity contribution in [3.8, 4) is 11.5 Å². The highest BCUT2D eigenvalue weighted by atomic mass is 32.2. The van der Waals surface area contributed by atoms with Crippen molar-refractivity contribution in [1.82, 2.24) is 14.5 Å².